The van der Waals surface area contributed by atoms with E-state index in [0.717, 1.165) is 32.9 Å². The number of aromatic amines is 1. The van der Waals surface area contributed by atoms with Gasteiger partial charge in [0, 0.05) is 24.3 Å². The van der Waals surface area contributed by atoms with Crippen LogP contribution >= 0.6 is 24.8 Å². The number of carbonyl (C=O) groups excluding carboxylic acids is 1. The third-order valence-corrected chi connectivity index (χ3v) is 4.58. The lowest BCUT2D eigenvalue weighted by atomic mass is 9.99. The van der Waals surface area contributed by atoms with E-state index >= 15 is 0 Å². The lowest BCUT2D eigenvalue weighted by molar-refractivity contribution is -0.122. The Balaban J connectivity index is 0.00000140. The summed E-state index contributed by atoms with van der Waals surface area (Å²) < 4.78 is 0. The Bertz CT molecular complexity index is 1070. The Kier molecular flexibility index (Phi) is 7.40. The van der Waals surface area contributed by atoms with E-state index in [1.165, 1.54) is 0 Å². The second-order valence-electron chi connectivity index (χ2n) is 6.43. The quantitative estimate of drug-likeness (QED) is 0.463. The van der Waals surface area contributed by atoms with Gasteiger partial charge in [0.05, 0.1) is 6.04 Å². The summed E-state index contributed by atoms with van der Waals surface area (Å²) in [5, 5.41) is 6.23. The summed E-state index contributed by atoms with van der Waals surface area (Å²) >= 11 is 0. The van der Waals surface area contributed by atoms with E-state index < -0.39 is 6.04 Å². The topological polar surface area (TPSA) is 83.8 Å². The number of hydrogen-bond donors (Lipinski definition) is 3. The molecule has 1 atom stereocenters. The Morgan fingerprint density at radius 3 is 2.71 bits per heavy atom. The fourth-order valence-electron chi connectivity index (χ4n) is 3.20. The molecule has 0 aliphatic rings. The van der Waals surface area contributed by atoms with Gasteiger partial charge >= 0.3 is 0 Å². The Labute approximate surface area is 175 Å². The maximum absolute atomic E-state index is 12.4. The Morgan fingerprint density at radius 2 is 1.86 bits per heavy atom. The largest absolute Gasteiger partial charge is 0.351 e. The first-order chi connectivity index (χ1) is 12.7. The van der Waals surface area contributed by atoms with E-state index in [9.17, 15) is 4.79 Å². The molecule has 0 radical (unpaired) electrons. The minimum atomic E-state index is -0.593. The molecule has 28 heavy (non-hydrogen) atoms. The van der Waals surface area contributed by atoms with Gasteiger partial charge in [0.25, 0.3) is 0 Å². The summed E-state index contributed by atoms with van der Waals surface area (Å²) in [6.07, 6.45) is 4.11. The van der Waals surface area contributed by atoms with Crippen LogP contribution in [0.3, 0.4) is 0 Å². The number of pyridine rings is 1. The fraction of sp³-hybridized carbons (Fsp3) is 0.143. The van der Waals surface area contributed by atoms with Gasteiger partial charge in [-0.3, -0.25) is 4.79 Å². The van der Waals surface area contributed by atoms with Crippen molar-refractivity contribution >= 4 is 52.5 Å². The molecule has 0 bridgehead atoms. The van der Waals surface area contributed by atoms with Crippen LogP contribution < -0.4 is 11.1 Å². The lowest BCUT2D eigenvalue weighted by Crippen LogP contribution is -2.41. The van der Waals surface area contributed by atoms with Crippen LogP contribution in [0.15, 0.2) is 67.0 Å². The number of nitrogens with two attached hydrogens (primary N) is 1. The van der Waals surface area contributed by atoms with Crippen molar-refractivity contribution in [3.05, 3.63) is 78.1 Å². The molecule has 1 amide bonds. The van der Waals surface area contributed by atoms with Crippen molar-refractivity contribution in [1.82, 2.24) is 15.3 Å². The number of H-pyrrole nitrogens is 1. The van der Waals surface area contributed by atoms with E-state index in [2.05, 4.69) is 33.5 Å². The number of nitrogens with one attached hydrogen (secondary N) is 2. The molecule has 0 aliphatic heterocycles. The highest BCUT2D eigenvalue weighted by Gasteiger charge is 2.15. The zero-order valence-corrected chi connectivity index (χ0v) is 16.7. The zero-order valence-electron chi connectivity index (χ0n) is 15.1. The van der Waals surface area contributed by atoms with E-state index in [-0.39, 0.29) is 30.7 Å². The lowest BCUT2D eigenvalue weighted by Gasteiger charge is -2.14. The maximum Gasteiger partial charge on any atom is 0.237 e. The van der Waals surface area contributed by atoms with Gasteiger partial charge in [0.2, 0.25) is 5.91 Å². The first kappa shape index (κ1) is 21.7. The molecule has 0 spiro atoms. The van der Waals surface area contributed by atoms with E-state index in [1.54, 1.807) is 6.20 Å². The minimum absolute atomic E-state index is 0. The molecule has 146 valence electrons. The summed E-state index contributed by atoms with van der Waals surface area (Å²) in [5.74, 6) is -0.160. The second-order valence-corrected chi connectivity index (χ2v) is 6.43. The third-order valence-electron chi connectivity index (χ3n) is 4.58. The standard InChI is InChI=1S/C21H20N4O.2ClH/c22-19(11-16-6-3-5-15-4-1-2-7-18(15)16)21(26)25-13-14-10-17-8-9-23-20(17)24-12-14;;/h1-10,12,19H,11,13,22H2,(H,23,24)(H,25,26);2*1H/t19-;;/m0../s1. The highest BCUT2D eigenvalue weighted by Crippen LogP contribution is 2.19. The van der Waals surface area contributed by atoms with Crippen molar-refractivity contribution in [3.63, 3.8) is 0 Å². The van der Waals surface area contributed by atoms with Crippen molar-refractivity contribution in [2.45, 2.75) is 19.0 Å². The summed E-state index contributed by atoms with van der Waals surface area (Å²) in [5.41, 5.74) is 9.02. The highest BCUT2D eigenvalue weighted by atomic mass is 35.5. The molecule has 0 unspecified atom stereocenters. The second kappa shape index (κ2) is 9.55. The first-order valence-electron chi connectivity index (χ1n) is 8.62. The van der Waals surface area contributed by atoms with Crippen molar-refractivity contribution in [2.24, 2.45) is 5.73 Å². The minimum Gasteiger partial charge on any atom is -0.351 e. The molecule has 4 rings (SSSR count). The Morgan fingerprint density at radius 1 is 1.07 bits per heavy atom. The van der Waals surface area contributed by atoms with Crippen LogP contribution in [0.1, 0.15) is 11.1 Å². The van der Waals surface area contributed by atoms with E-state index in [4.69, 9.17) is 5.73 Å². The van der Waals surface area contributed by atoms with Crippen LogP contribution in [0.4, 0.5) is 0 Å². The van der Waals surface area contributed by atoms with Gasteiger partial charge in [-0.2, -0.15) is 0 Å². The zero-order chi connectivity index (χ0) is 17.9. The van der Waals surface area contributed by atoms with Gasteiger partial charge in [0.1, 0.15) is 5.65 Å². The van der Waals surface area contributed by atoms with Crippen LogP contribution in [0.25, 0.3) is 21.8 Å². The fourth-order valence-corrected chi connectivity index (χ4v) is 3.20. The van der Waals surface area contributed by atoms with Gasteiger partial charge < -0.3 is 16.0 Å². The van der Waals surface area contributed by atoms with Crippen LogP contribution in [0.2, 0.25) is 0 Å². The molecule has 0 aliphatic carbocycles. The molecule has 4 aromatic rings. The molecule has 2 aromatic heterocycles. The number of benzene rings is 2. The molecule has 4 N–H and O–H groups in total. The van der Waals surface area contributed by atoms with Crippen LogP contribution in [-0.4, -0.2) is 21.9 Å². The number of rotatable bonds is 5. The van der Waals surface area contributed by atoms with E-state index in [1.807, 2.05) is 42.6 Å². The van der Waals surface area contributed by atoms with Crippen LogP contribution in [0, 0.1) is 0 Å². The van der Waals surface area contributed by atoms with Gasteiger partial charge in [0.15, 0.2) is 0 Å². The molecule has 0 fully saturated rings. The number of aromatic nitrogens is 2. The van der Waals surface area contributed by atoms with Crippen molar-refractivity contribution in [2.75, 3.05) is 0 Å². The normalized spacial score (nSPS) is 11.5. The molecule has 0 saturated heterocycles. The summed E-state index contributed by atoms with van der Waals surface area (Å²) in [7, 11) is 0. The van der Waals surface area contributed by atoms with Gasteiger partial charge in [-0.1, -0.05) is 42.5 Å². The van der Waals surface area contributed by atoms with Crippen molar-refractivity contribution < 1.29 is 4.79 Å². The third kappa shape index (κ3) is 4.62. The molecule has 7 heteroatoms. The molecular formula is C21H22Cl2N4O. The monoisotopic (exact) mass is 416 g/mol. The molecule has 5 nitrogen and oxygen atoms in total. The van der Waals surface area contributed by atoms with E-state index in [0.29, 0.717) is 13.0 Å². The molecule has 2 aromatic carbocycles. The van der Waals surface area contributed by atoms with Crippen LogP contribution in [-0.2, 0) is 17.8 Å². The van der Waals surface area contributed by atoms with Gasteiger partial charge in [-0.25, -0.2) is 4.98 Å². The first-order valence-corrected chi connectivity index (χ1v) is 8.62. The number of nitrogens with zero attached hydrogens (tertiary/aromatic N) is 1. The summed E-state index contributed by atoms with van der Waals surface area (Å²) in [6, 6.07) is 17.6. The number of fused-ring (bicyclic) bond motifs is 2. The average molecular weight is 417 g/mol. The number of amides is 1. The average Bonchev–Trinajstić information content (AvgIpc) is 3.14. The number of hydrogen-bond acceptors (Lipinski definition) is 3. The van der Waals surface area contributed by atoms with Crippen LogP contribution in [0.5, 0.6) is 0 Å². The molecular weight excluding hydrogens is 395 g/mol. The summed E-state index contributed by atoms with van der Waals surface area (Å²) in [4.78, 5) is 19.8. The number of halogens is 2. The van der Waals surface area contributed by atoms with Gasteiger partial charge in [-0.15, -0.1) is 24.8 Å². The smallest absolute Gasteiger partial charge is 0.237 e. The summed E-state index contributed by atoms with van der Waals surface area (Å²) in [6.45, 7) is 0.413. The van der Waals surface area contributed by atoms with Gasteiger partial charge in [-0.05, 0) is 40.5 Å². The number of carbonyl (C=O) groups is 1. The molecule has 2 heterocycles. The van der Waals surface area contributed by atoms with Crippen molar-refractivity contribution in [3.8, 4) is 0 Å². The molecule has 0 saturated carbocycles. The van der Waals surface area contributed by atoms with Crippen molar-refractivity contribution in [1.29, 1.82) is 0 Å². The maximum atomic E-state index is 12.4. The predicted molar refractivity (Wildman–Crippen MR) is 118 cm³/mol. The SMILES string of the molecule is Cl.Cl.N[C@@H](Cc1cccc2ccccc12)C(=O)NCc1cnc2[nH]ccc2c1. The predicted octanol–water partition coefficient (Wildman–Crippen LogP) is 3.75. The Hall–Kier alpha value is -2.60. The highest BCUT2D eigenvalue weighted by molar-refractivity contribution is 5.87.